The van der Waals surface area contributed by atoms with Gasteiger partial charge in [0.15, 0.2) is 12.4 Å². The van der Waals surface area contributed by atoms with Crippen molar-refractivity contribution in [3.63, 3.8) is 0 Å². The van der Waals surface area contributed by atoms with Crippen molar-refractivity contribution in [2.45, 2.75) is 0 Å². The lowest BCUT2D eigenvalue weighted by Crippen LogP contribution is -2.43. The molecule has 2 amide bonds. The number of aryl methyl sites for hydroxylation is 1. The topological polar surface area (TPSA) is 93.5 Å². The summed E-state index contributed by atoms with van der Waals surface area (Å²) >= 11 is 0. The number of carbonyl (C=O) groups is 3. The lowest BCUT2D eigenvalue weighted by molar-refractivity contribution is -0.123. The Kier molecular flexibility index (Phi) is 4.82. The highest BCUT2D eigenvalue weighted by Crippen LogP contribution is 2.31. The molecule has 0 fully saturated rings. The minimum Gasteiger partial charge on any atom is -0.482 e. The first kappa shape index (κ1) is 18.4. The number of para-hydroxylation sites is 2. The fourth-order valence-corrected chi connectivity index (χ4v) is 3.09. The third-order valence-corrected chi connectivity index (χ3v) is 4.57. The van der Waals surface area contributed by atoms with Crippen LogP contribution in [0.5, 0.6) is 5.75 Å². The Labute approximate surface area is 166 Å². The van der Waals surface area contributed by atoms with Gasteiger partial charge in [0.25, 0.3) is 5.91 Å². The summed E-state index contributed by atoms with van der Waals surface area (Å²) in [6, 6.07) is 13.6. The molecule has 0 radical (unpaired) electrons. The van der Waals surface area contributed by atoms with E-state index in [1.807, 2.05) is 0 Å². The van der Waals surface area contributed by atoms with E-state index < -0.39 is 0 Å². The summed E-state index contributed by atoms with van der Waals surface area (Å²) in [6.45, 7) is -0.235. The van der Waals surface area contributed by atoms with Crippen LogP contribution in [0.1, 0.15) is 16.2 Å². The summed E-state index contributed by atoms with van der Waals surface area (Å²) in [5.74, 6) is 0.0716. The number of ketones is 1. The van der Waals surface area contributed by atoms with Gasteiger partial charge in [0, 0.05) is 30.7 Å². The van der Waals surface area contributed by atoms with Crippen LogP contribution in [0, 0.1) is 0 Å². The Morgan fingerprint density at radius 3 is 2.62 bits per heavy atom. The lowest BCUT2D eigenvalue weighted by Gasteiger charge is -2.28. The van der Waals surface area contributed by atoms with Crippen molar-refractivity contribution in [1.82, 2.24) is 9.55 Å². The Bertz CT molecular complexity index is 1090. The molecule has 29 heavy (non-hydrogen) atoms. The van der Waals surface area contributed by atoms with Crippen LogP contribution in [0.3, 0.4) is 0 Å². The van der Waals surface area contributed by atoms with Crippen LogP contribution in [0.15, 0.2) is 60.9 Å². The summed E-state index contributed by atoms with van der Waals surface area (Å²) in [4.78, 5) is 42.5. The third-order valence-electron chi connectivity index (χ3n) is 4.57. The van der Waals surface area contributed by atoms with Crippen LogP contribution in [-0.4, -0.2) is 40.3 Å². The van der Waals surface area contributed by atoms with Gasteiger partial charge in [-0.1, -0.05) is 12.1 Å². The number of amides is 2. The number of benzene rings is 2. The molecule has 0 saturated carbocycles. The van der Waals surface area contributed by atoms with Crippen LogP contribution in [0.4, 0.5) is 11.4 Å². The molecule has 0 aliphatic carbocycles. The molecule has 0 atom stereocenters. The molecule has 8 nitrogen and oxygen atoms in total. The molecule has 2 aromatic carbocycles. The second-order valence-corrected chi connectivity index (χ2v) is 6.55. The molecule has 1 aliphatic heterocycles. The molecule has 2 heterocycles. The van der Waals surface area contributed by atoms with Crippen LogP contribution in [-0.2, 0) is 16.6 Å². The van der Waals surface area contributed by atoms with Crippen LogP contribution in [0.2, 0.25) is 0 Å². The van der Waals surface area contributed by atoms with E-state index in [2.05, 4.69) is 10.3 Å². The molecule has 4 rings (SSSR count). The average Bonchev–Trinajstić information content (AvgIpc) is 3.16. The van der Waals surface area contributed by atoms with Crippen LogP contribution >= 0.6 is 0 Å². The predicted molar refractivity (Wildman–Crippen MR) is 106 cm³/mol. The van der Waals surface area contributed by atoms with Crippen molar-refractivity contribution in [1.29, 1.82) is 0 Å². The maximum Gasteiger partial charge on any atom is 0.265 e. The van der Waals surface area contributed by atoms with E-state index in [0.29, 0.717) is 28.5 Å². The van der Waals surface area contributed by atoms with Crippen molar-refractivity contribution < 1.29 is 19.1 Å². The van der Waals surface area contributed by atoms with Gasteiger partial charge in [0.05, 0.1) is 5.69 Å². The van der Waals surface area contributed by atoms with Crippen molar-refractivity contribution in [3.05, 3.63) is 72.3 Å². The van der Waals surface area contributed by atoms with E-state index in [0.717, 1.165) is 0 Å². The molecule has 8 heteroatoms. The molecule has 1 aliphatic rings. The van der Waals surface area contributed by atoms with Crippen LogP contribution in [0.25, 0.3) is 0 Å². The van der Waals surface area contributed by atoms with E-state index >= 15 is 0 Å². The SMILES string of the molecule is Cn1ccnc1C(=O)c1ccc(NC(=O)CN2C(=O)COc3ccccc32)cc1. The van der Waals surface area contributed by atoms with Gasteiger partial charge in [0.2, 0.25) is 11.7 Å². The minimum absolute atomic E-state index is 0.103. The van der Waals surface area contributed by atoms with Gasteiger partial charge in [-0.15, -0.1) is 0 Å². The summed E-state index contributed by atoms with van der Waals surface area (Å²) in [5, 5.41) is 2.75. The maximum atomic E-state index is 12.5. The van der Waals surface area contributed by atoms with Gasteiger partial charge >= 0.3 is 0 Å². The molecular formula is C21H18N4O4. The smallest absolute Gasteiger partial charge is 0.265 e. The molecule has 0 unspecified atom stereocenters. The molecule has 0 bridgehead atoms. The molecule has 1 N–H and O–H groups in total. The number of rotatable bonds is 5. The number of hydrogen-bond donors (Lipinski definition) is 1. The number of anilines is 2. The fourth-order valence-electron chi connectivity index (χ4n) is 3.09. The zero-order valence-electron chi connectivity index (χ0n) is 15.7. The number of carbonyl (C=O) groups excluding carboxylic acids is 3. The van der Waals surface area contributed by atoms with Crippen molar-refractivity contribution in [2.24, 2.45) is 7.05 Å². The van der Waals surface area contributed by atoms with E-state index in [4.69, 9.17) is 4.74 Å². The van der Waals surface area contributed by atoms with Crippen molar-refractivity contribution in [3.8, 4) is 5.75 Å². The summed E-state index contributed by atoms with van der Waals surface area (Å²) in [7, 11) is 1.75. The first-order chi connectivity index (χ1) is 14.0. The first-order valence-corrected chi connectivity index (χ1v) is 8.97. The number of imidazole rings is 1. The third kappa shape index (κ3) is 3.73. The largest absolute Gasteiger partial charge is 0.482 e. The predicted octanol–water partition coefficient (Wildman–Crippen LogP) is 2.02. The normalized spacial score (nSPS) is 12.9. The highest BCUT2D eigenvalue weighted by molar-refractivity contribution is 6.07. The molecular weight excluding hydrogens is 372 g/mol. The summed E-state index contributed by atoms with van der Waals surface area (Å²) < 4.78 is 7.03. The van der Waals surface area contributed by atoms with Gasteiger partial charge in [-0.3, -0.25) is 19.3 Å². The summed E-state index contributed by atoms with van der Waals surface area (Å²) in [6.07, 6.45) is 3.26. The van der Waals surface area contributed by atoms with Crippen molar-refractivity contribution >= 4 is 29.0 Å². The second kappa shape index (κ2) is 7.59. The molecule has 0 spiro atoms. The monoisotopic (exact) mass is 390 g/mol. The number of fused-ring (bicyclic) bond motifs is 1. The molecule has 146 valence electrons. The van der Waals surface area contributed by atoms with Gasteiger partial charge < -0.3 is 14.6 Å². The highest BCUT2D eigenvalue weighted by Gasteiger charge is 2.27. The molecule has 1 aromatic heterocycles. The Hall–Kier alpha value is -3.94. The van der Waals surface area contributed by atoms with E-state index in [1.54, 1.807) is 72.5 Å². The Morgan fingerprint density at radius 2 is 1.90 bits per heavy atom. The second-order valence-electron chi connectivity index (χ2n) is 6.55. The standard InChI is InChI=1S/C21H18N4O4/c1-24-11-10-22-21(24)20(28)14-6-8-15(9-7-14)23-18(26)12-25-16-4-2-3-5-17(16)29-13-19(25)27/h2-11H,12-13H2,1H3,(H,23,26). The zero-order chi connectivity index (χ0) is 20.4. The Balaban J connectivity index is 1.43. The maximum absolute atomic E-state index is 12.5. The Morgan fingerprint density at radius 1 is 1.14 bits per heavy atom. The van der Waals surface area contributed by atoms with Crippen molar-refractivity contribution in [2.75, 3.05) is 23.4 Å². The number of nitrogens with one attached hydrogen (secondary N) is 1. The molecule has 0 saturated heterocycles. The van der Waals surface area contributed by atoms with Gasteiger partial charge in [-0.05, 0) is 36.4 Å². The lowest BCUT2D eigenvalue weighted by atomic mass is 10.1. The average molecular weight is 390 g/mol. The quantitative estimate of drug-likeness (QED) is 0.673. The number of ether oxygens (including phenoxy) is 1. The first-order valence-electron chi connectivity index (χ1n) is 8.97. The number of aromatic nitrogens is 2. The molecule has 3 aromatic rings. The summed E-state index contributed by atoms with van der Waals surface area (Å²) in [5.41, 5.74) is 1.56. The van der Waals surface area contributed by atoms with Gasteiger partial charge in [-0.25, -0.2) is 4.98 Å². The fraction of sp³-hybridized carbons (Fsp3) is 0.143. The van der Waals surface area contributed by atoms with Gasteiger partial charge in [-0.2, -0.15) is 0 Å². The van der Waals surface area contributed by atoms with Crippen LogP contribution < -0.4 is 15.0 Å². The number of hydrogen-bond acceptors (Lipinski definition) is 5. The highest BCUT2D eigenvalue weighted by atomic mass is 16.5. The number of nitrogens with zero attached hydrogens (tertiary/aromatic N) is 3. The van der Waals surface area contributed by atoms with E-state index in [-0.39, 0.29) is 30.7 Å². The minimum atomic E-state index is -0.349. The zero-order valence-corrected chi connectivity index (χ0v) is 15.7. The van der Waals surface area contributed by atoms with Gasteiger partial charge in [0.1, 0.15) is 12.3 Å². The van der Waals surface area contributed by atoms with E-state index in [1.165, 1.54) is 4.90 Å². The van der Waals surface area contributed by atoms with E-state index in [9.17, 15) is 14.4 Å².